The van der Waals surface area contributed by atoms with Crippen LogP contribution in [0.15, 0.2) is 40.5 Å². The molecule has 0 saturated carbocycles. The zero-order valence-electron chi connectivity index (χ0n) is 12.6. The van der Waals surface area contributed by atoms with E-state index in [9.17, 15) is 0 Å². The summed E-state index contributed by atoms with van der Waals surface area (Å²) >= 11 is 1.55. The van der Waals surface area contributed by atoms with Crippen molar-refractivity contribution in [2.75, 3.05) is 24.2 Å². The second-order valence-corrected chi connectivity index (χ2v) is 6.43. The largest absolute Gasteiger partial charge is 0.394 e. The molecule has 2 heterocycles. The normalized spacial score (nSPS) is 17.6. The summed E-state index contributed by atoms with van der Waals surface area (Å²) in [5, 5.41) is 4.05. The lowest BCUT2D eigenvalue weighted by atomic mass is 10.2. The van der Waals surface area contributed by atoms with Crippen LogP contribution in [0.5, 0.6) is 0 Å². The van der Waals surface area contributed by atoms with Crippen LogP contribution in [0.2, 0.25) is 0 Å². The Bertz CT molecular complexity index is 627. The predicted molar refractivity (Wildman–Crippen MR) is 89.2 cm³/mol. The van der Waals surface area contributed by atoms with Crippen LogP contribution >= 0.6 is 11.8 Å². The first-order valence-corrected chi connectivity index (χ1v) is 8.24. The van der Waals surface area contributed by atoms with Crippen molar-refractivity contribution in [2.45, 2.75) is 35.8 Å². The number of benzene rings is 1. The molecule has 5 nitrogen and oxygen atoms in total. The highest BCUT2D eigenvalue weighted by molar-refractivity contribution is 7.99. The lowest BCUT2D eigenvalue weighted by molar-refractivity contribution is 0.120. The molecule has 3 rings (SSSR count). The minimum atomic E-state index is 0.252. The zero-order chi connectivity index (χ0) is 15.4. The van der Waals surface area contributed by atoms with Crippen molar-refractivity contribution in [1.29, 1.82) is 0 Å². The second kappa shape index (κ2) is 6.98. The molecular formula is C16H20N4OS. The number of nitrogens with zero attached hydrogens (tertiary/aromatic N) is 2. The quantitative estimate of drug-likeness (QED) is 0.826. The molecule has 0 aliphatic carbocycles. The maximum Gasteiger partial charge on any atom is 0.153 e. The van der Waals surface area contributed by atoms with Gasteiger partial charge in [0.2, 0.25) is 0 Å². The summed E-state index contributed by atoms with van der Waals surface area (Å²) in [7, 11) is 0. The molecule has 22 heavy (non-hydrogen) atoms. The standard InChI is InChI=1S/C16H20N4OS/c1-11-4-6-13(7-5-11)22-16-14(17)15(19-10-20-16)18-9-12-3-2-8-21-12/h4-7,10,12H,2-3,8-9,17H2,1H3,(H,18,19,20). The highest BCUT2D eigenvalue weighted by Gasteiger charge is 2.16. The summed E-state index contributed by atoms with van der Waals surface area (Å²) in [6, 6.07) is 8.30. The van der Waals surface area contributed by atoms with Crippen LogP contribution in [0.3, 0.4) is 0 Å². The van der Waals surface area contributed by atoms with Crippen molar-refractivity contribution in [3.8, 4) is 0 Å². The fourth-order valence-corrected chi connectivity index (χ4v) is 3.14. The average Bonchev–Trinajstić information content (AvgIpc) is 3.04. The van der Waals surface area contributed by atoms with Gasteiger partial charge in [-0.05, 0) is 31.9 Å². The van der Waals surface area contributed by atoms with Gasteiger partial charge in [0.25, 0.3) is 0 Å². The predicted octanol–water partition coefficient (Wildman–Crippen LogP) is 3.11. The van der Waals surface area contributed by atoms with Crippen molar-refractivity contribution in [3.05, 3.63) is 36.2 Å². The number of nitrogen functional groups attached to an aromatic ring is 1. The number of hydrogen-bond donors (Lipinski definition) is 2. The average molecular weight is 316 g/mol. The molecule has 1 aromatic carbocycles. The van der Waals surface area contributed by atoms with E-state index in [-0.39, 0.29) is 6.10 Å². The molecule has 1 atom stereocenters. The van der Waals surface area contributed by atoms with Crippen molar-refractivity contribution < 1.29 is 4.74 Å². The molecule has 116 valence electrons. The fraction of sp³-hybridized carbons (Fsp3) is 0.375. The highest BCUT2D eigenvalue weighted by Crippen LogP contribution is 2.33. The molecule has 0 amide bonds. The second-order valence-electron chi connectivity index (χ2n) is 5.37. The molecule has 1 unspecified atom stereocenters. The van der Waals surface area contributed by atoms with Gasteiger partial charge in [0, 0.05) is 18.0 Å². The van der Waals surface area contributed by atoms with Crippen molar-refractivity contribution in [3.63, 3.8) is 0 Å². The van der Waals surface area contributed by atoms with E-state index < -0.39 is 0 Å². The molecule has 1 fully saturated rings. The highest BCUT2D eigenvalue weighted by atomic mass is 32.2. The molecule has 1 aliphatic rings. The summed E-state index contributed by atoms with van der Waals surface area (Å²) in [6.07, 6.45) is 4.01. The van der Waals surface area contributed by atoms with Crippen LogP contribution in [0.1, 0.15) is 18.4 Å². The third-order valence-electron chi connectivity index (χ3n) is 3.60. The summed E-state index contributed by atoms with van der Waals surface area (Å²) in [5.41, 5.74) is 8.02. The summed E-state index contributed by atoms with van der Waals surface area (Å²) < 4.78 is 5.60. The Morgan fingerprint density at radius 2 is 2.14 bits per heavy atom. The Labute approximate surface area is 134 Å². The maximum atomic E-state index is 6.20. The first-order valence-electron chi connectivity index (χ1n) is 7.43. The molecule has 2 aromatic rings. The van der Waals surface area contributed by atoms with Crippen molar-refractivity contribution >= 4 is 23.3 Å². The molecule has 3 N–H and O–H groups in total. The van der Waals surface area contributed by atoms with E-state index in [1.54, 1.807) is 18.1 Å². The zero-order valence-corrected chi connectivity index (χ0v) is 13.4. The van der Waals surface area contributed by atoms with Crippen LogP contribution in [0.4, 0.5) is 11.5 Å². The summed E-state index contributed by atoms with van der Waals surface area (Å²) in [4.78, 5) is 9.64. The Morgan fingerprint density at radius 1 is 1.32 bits per heavy atom. The number of nitrogens with one attached hydrogen (secondary N) is 1. The Hall–Kier alpha value is -1.79. The minimum Gasteiger partial charge on any atom is -0.394 e. The van der Waals surface area contributed by atoms with Gasteiger partial charge in [0.1, 0.15) is 17.0 Å². The van der Waals surface area contributed by atoms with E-state index in [0.29, 0.717) is 11.5 Å². The van der Waals surface area contributed by atoms with Gasteiger partial charge in [-0.2, -0.15) is 0 Å². The molecule has 0 radical (unpaired) electrons. The number of hydrogen-bond acceptors (Lipinski definition) is 6. The van der Waals surface area contributed by atoms with Crippen molar-refractivity contribution in [2.24, 2.45) is 0 Å². The third-order valence-corrected chi connectivity index (χ3v) is 4.63. The number of aromatic nitrogens is 2. The van der Waals surface area contributed by atoms with E-state index in [1.165, 1.54) is 5.56 Å². The fourth-order valence-electron chi connectivity index (χ4n) is 2.34. The Morgan fingerprint density at radius 3 is 2.86 bits per heavy atom. The topological polar surface area (TPSA) is 73.1 Å². The summed E-state index contributed by atoms with van der Waals surface area (Å²) in [5.74, 6) is 0.681. The molecule has 1 aromatic heterocycles. The first-order chi connectivity index (χ1) is 10.7. The van der Waals surface area contributed by atoms with Crippen LogP contribution in [-0.4, -0.2) is 29.2 Å². The van der Waals surface area contributed by atoms with Crippen LogP contribution in [-0.2, 0) is 4.74 Å². The lowest BCUT2D eigenvalue weighted by Gasteiger charge is -2.14. The van der Waals surface area contributed by atoms with Gasteiger partial charge in [0.05, 0.1) is 6.10 Å². The van der Waals surface area contributed by atoms with E-state index in [4.69, 9.17) is 10.5 Å². The number of nitrogens with two attached hydrogens (primary N) is 1. The monoisotopic (exact) mass is 316 g/mol. The van der Waals surface area contributed by atoms with E-state index in [2.05, 4.69) is 46.5 Å². The van der Waals surface area contributed by atoms with E-state index >= 15 is 0 Å². The lowest BCUT2D eigenvalue weighted by Crippen LogP contribution is -2.19. The molecule has 1 saturated heterocycles. The van der Waals surface area contributed by atoms with Crippen LogP contribution < -0.4 is 11.1 Å². The van der Waals surface area contributed by atoms with Crippen molar-refractivity contribution in [1.82, 2.24) is 9.97 Å². The number of aryl methyl sites for hydroxylation is 1. The summed E-state index contributed by atoms with van der Waals surface area (Å²) in [6.45, 7) is 3.65. The first kappa shape index (κ1) is 15.1. The van der Waals surface area contributed by atoms with Crippen LogP contribution in [0, 0.1) is 6.92 Å². The van der Waals surface area contributed by atoms with E-state index in [0.717, 1.165) is 35.9 Å². The van der Waals surface area contributed by atoms with Gasteiger partial charge >= 0.3 is 0 Å². The van der Waals surface area contributed by atoms with Gasteiger partial charge in [-0.15, -0.1) is 0 Å². The molecular weight excluding hydrogens is 296 g/mol. The van der Waals surface area contributed by atoms with Gasteiger partial charge in [-0.25, -0.2) is 9.97 Å². The van der Waals surface area contributed by atoms with Gasteiger partial charge in [0.15, 0.2) is 5.82 Å². The van der Waals surface area contributed by atoms with E-state index in [1.807, 2.05) is 0 Å². The molecule has 1 aliphatic heterocycles. The molecule has 0 spiro atoms. The third kappa shape index (κ3) is 3.69. The van der Waals surface area contributed by atoms with Gasteiger partial charge in [-0.1, -0.05) is 29.5 Å². The SMILES string of the molecule is Cc1ccc(Sc2ncnc(NCC3CCCO3)c2N)cc1. The Kier molecular flexibility index (Phi) is 4.80. The van der Waals surface area contributed by atoms with Gasteiger partial charge in [-0.3, -0.25) is 0 Å². The smallest absolute Gasteiger partial charge is 0.153 e. The molecule has 6 heteroatoms. The maximum absolute atomic E-state index is 6.20. The minimum absolute atomic E-state index is 0.252. The number of anilines is 2. The van der Waals surface area contributed by atoms with Crippen LogP contribution in [0.25, 0.3) is 0 Å². The van der Waals surface area contributed by atoms with Gasteiger partial charge < -0.3 is 15.8 Å². The Balaban J connectivity index is 1.69. The number of rotatable bonds is 5. The number of ether oxygens (including phenoxy) is 1. The molecule has 0 bridgehead atoms.